The van der Waals surface area contributed by atoms with E-state index in [1.807, 2.05) is 6.07 Å². The summed E-state index contributed by atoms with van der Waals surface area (Å²) in [4.78, 5) is 42.6. The van der Waals surface area contributed by atoms with E-state index in [4.69, 9.17) is 4.74 Å². The average molecular weight is 432 g/mol. The molecule has 0 aliphatic carbocycles. The Morgan fingerprint density at radius 3 is 2.74 bits per heavy atom. The molecule has 1 N–H and O–H groups in total. The quantitative estimate of drug-likeness (QED) is 0.750. The van der Waals surface area contributed by atoms with Crippen LogP contribution in [0.4, 0.5) is 5.82 Å². The van der Waals surface area contributed by atoms with Crippen molar-refractivity contribution >= 4 is 39.5 Å². The zero-order chi connectivity index (χ0) is 19.6. The van der Waals surface area contributed by atoms with Crippen LogP contribution in [0.2, 0.25) is 0 Å². The highest BCUT2D eigenvalue weighted by atomic mass is 79.9. The molecular formula is C19H18BrN3O4. The minimum atomic E-state index is -1.35. The van der Waals surface area contributed by atoms with Crippen LogP contribution in [0.25, 0.3) is 0 Å². The smallest absolute Gasteiger partial charge is 0.339 e. The molecule has 0 bridgehead atoms. The monoisotopic (exact) mass is 431 g/mol. The Hall–Kier alpha value is -2.74. The van der Waals surface area contributed by atoms with Crippen LogP contribution < -0.4 is 5.32 Å². The molecule has 0 radical (unpaired) electrons. The normalized spacial score (nSPS) is 18.3. The molecule has 0 spiro atoms. The van der Waals surface area contributed by atoms with Crippen molar-refractivity contribution in [3.05, 3.63) is 58.2 Å². The molecule has 1 aromatic carbocycles. The third-order valence-electron chi connectivity index (χ3n) is 4.26. The predicted octanol–water partition coefficient (Wildman–Crippen LogP) is 2.41. The molecule has 7 nitrogen and oxygen atoms in total. The second-order valence-electron chi connectivity index (χ2n) is 6.53. The van der Waals surface area contributed by atoms with Crippen molar-refractivity contribution in [2.24, 2.45) is 0 Å². The van der Waals surface area contributed by atoms with E-state index in [2.05, 4.69) is 26.2 Å². The molecule has 0 saturated heterocycles. The number of fused-ring (bicyclic) bond motifs is 1. The van der Waals surface area contributed by atoms with E-state index in [0.29, 0.717) is 11.4 Å². The molecule has 0 saturated carbocycles. The Balaban J connectivity index is 1.67. The lowest BCUT2D eigenvalue weighted by Gasteiger charge is -2.35. The molecule has 1 atom stereocenters. The number of rotatable bonds is 4. The second kappa shape index (κ2) is 7.48. The number of aromatic nitrogens is 1. The first-order chi connectivity index (χ1) is 12.8. The molecule has 2 amide bonds. The van der Waals surface area contributed by atoms with E-state index < -0.39 is 23.4 Å². The number of hydrogen-bond acceptors (Lipinski definition) is 5. The van der Waals surface area contributed by atoms with Crippen LogP contribution in [0.1, 0.15) is 22.8 Å². The van der Waals surface area contributed by atoms with Gasteiger partial charge in [0.1, 0.15) is 5.82 Å². The molecule has 140 valence electrons. The second-order valence-corrected chi connectivity index (χ2v) is 7.44. The number of anilines is 1. The van der Waals surface area contributed by atoms with E-state index in [9.17, 15) is 14.4 Å². The summed E-state index contributed by atoms with van der Waals surface area (Å²) in [6.45, 7) is 1.37. The third-order valence-corrected chi connectivity index (χ3v) is 4.73. The maximum Gasteiger partial charge on any atom is 0.339 e. The highest BCUT2D eigenvalue weighted by Gasteiger charge is 2.44. The minimum Gasteiger partial charge on any atom is -0.445 e. The van der Waals surface area contributed by atoms with Gasteiger partial charge >= 0.3 is 5.97 Å². The fourth-order valence-electron chi connectivity index (χ4n) is 2.98. The molecule has 1 aliphatic heterocycles. The van der Waals surface area contributed by atoms with E-state index in [1.165, 1.54) is 11.9 Å². The Labute approximate surface area is 164 Å². The lowest BCUT2D eigenvalue weighted by atomic mass is 9.89. The van der Waals surface area contributed by atoms with Crippen LogP contribution in [-0.2, 0) is 20.7 Å². The largest absolute Gasteiger partial charge is 0.445 e. The molecule has 0 unspecified atom stereocenters. The van der Waals surface area contributed by atoms with Crippen molar-refractivity contribution in [2.45, 2.75) is 18.9 Å². The summed E-state index contributed by atoms with van der Waals surface area (Å²) in [5.41, 5.74) is -0.137. The topological polar surface area (TPSA) is 88.6 Å². The molecular weight excluding hydrogens is 414 g/mol. The Morgan fingerprint density at radius 2 is 2.04 bits per heavy atom. The van der Waals surface area contributed by atoms with E-state index in [-0.39, 0.29) is 13.0 Å². The molecule has 3 rings (SSSR count). The maximum atomic E-state index is 12.9. The van der Waals surface area contributed by atoms with Crippen molar-refractivity contribution in [2.75, 3.05) is 18.9 Å². The van der Waals surface area contributed by atoms with Crippen molar-refractivity contribution in [1.29, 1.82) is 0 Å². The van der Waals surface area contributed by atoms with Gasteiger partial charge in [0.25, 0.3) is 5.91 Å². The van der Waals surface area contributed by atoms with Crippen LogP contribution in [-0.4, -0.2) is 46.9 Å². The number of carbonyl (C=O) groups excluding carboxylic acids is 3. The highest BCUT2D eigenvalue weighted by Crippen LogP contribution is 2.29. The average Bonchev–Trinajstić information content (AvgIpc) is 2.62. The number of benzene rings is 1. The van der Waals surface area contributed by atoms with Gasteiger partial charge in [-0.25, -0.2) is 9.78 Å². The third kappa shape index (κ3) is 4.16. The molecule has 1 aliphatic rings. The van der Waals surface area contributed by atoms with Crippen molar-refractivity contribution in [1.82, 2.24) is 9.88 Å². The van der Waals surface area contributed by atoms with Crippen LogP contribution in [0.5, 0.6) is 0 Å². The zero-order valence-corrected chi connectivity index (χ0v) is 16.4. The van der Waals surface area contributed by atoms with E-state index in [1.54, 1.807) is 43.5 Å². The summed E-state index contributed by atoms with van der Waals surface area (Å²) in [5, 5.41) is 2.62. The maximum absolute atomic E-state index is 12.9. The Kier molecular flexibility index (Phi) is 5.27. The first-order valence-electron chi connectivity index (χ1n) is 8.27. The number of nitrogens with one attached hydrogen (secondary N) is 1. The van der Waals surface area contributed by atoms with Crippen molar-refractivity contribution in [3.63, 3.8) is 0 Å². The van der Waals surface area contributed by atoms with Gasteiger partial charge in [0, 0.05) is 24.1 Å². The van der Waals surface area contributed by atoms with Gasteiger partial charge < -0.3 is 15.0 Å². The van der Waals surface area contributed by atoms with Gasteiger partial charge in [-0.05, 0) is 46.6 Å². The molecule has 8 heteroatoms. The summed E-state index contributed by atoms with van der Waals surface area (Å²) in [5.74, 6) is -0.992. The van der Waals surface area contributed by atoms with Crippen molar-refractivity contribution < 1.29 is 19.1 Å². The van der Waals surface area contributed by atoms with Gasteiger partial charge in [0.2, 0.25) is 5.91 Å². The van der Waals surface area contributed by atoms with Gasteiger partial charge in [0.05, 0.1) is 12.1 Å². The van der Waals surface area contributed by atoms with Gasteiger partial charge in [0.15, 0.2) is 5.60 Å². The van der Waals surface area contributed by atoms with Gasteiger partial charge in [-0.1, -0.05) is 18.2 Å². The van der Waals surface area contributed by atoms with Gasteiger partial charge in [-0.3, -0.25) is 9.59 Å². The number of cyclic esters (lactones) is 1. The first-order valence-corrected chi connectivity index (χ1v) is 9.06. The fourth-order valence-corrected chi connectivity index (χ4v) is 3.21. The van der Waals surface area contributed by atoms with E-state index in [0.717, 1.165) is 10.0 Å². The number of nitrogens with zero attached hydrogens (tertiary/aromatic N) is 2. The number of hydrogen-bond donors (Lipinski definition) is 1. The summed E-state index contributed by atoms with van der Waals surface area (Å²) < 4.78 is 6.21. The molecule has 0 fully saturated rings. The number of esters is 1. The minimum absolute atomic E-state index is 0.189. The number of ether oxygens (including phenoxy) is 1. The summed E-state index contributed by atoms with van der Waals surface area (Å²) in [6, 6.07) is 10.4. The fraction of sp³-hybridized carbons (Fsp3) is 0.263. The summed E-state index contributed by atoms with van der Waals surface area (Å²) in [6.07, 6.45) is 1.82. The Bertz CT molecular complexity index is 900. The van der Waals surface area contributed by atoms with Crippen LogP contribution in [0.3, 0.4) is 0 Å². The SMILES string of the molecule is CN(CC(=O)Nc1ccc(Br)cn1)C(=O)[C@]1(C)Cc2ccccc2C(=O)O1. The summed E-state index contributed by atoms with van der Waals surface area (Å²) in [7, 11) is 1.50. The van der Waals surface area contributed by atoms with Crippen LogP contribution in [0.15, 0.2) is 47.1 Å². The standard InChI is InChI=1S/C19H18BrN3O4/c1-19(9-12-5-3-4-6-14(12)17(25)27-19)18(26)23(2)11-16(24)22-15-8-7-13(20)10-21-15/h3-8,10H,9,11H2,1-2H3,(H,21,22,24)/t19-/m0/s1. The highest BCUT2D eigenvalue weighted by molar-refractivity contribution is 9.10. The Morgan fingerprint density at radius 1 is 1.30 bits per heavy atom. The number of carbonyl (C=O) groups is 3. The predicted molar refractivity (Wildman–Crippen MR) is 102 cm³/mol. The van der Waals surface area contributed by atoms with Gasteiger partial charge in [-0.15, -0.1) is 0 Å². The lowest BCUT2D eigenvalue weighted by molar-refractivity contribution is -0.151. The van der Waals surface area contributed by atoms with Crippen molar-refractivity contribution in [3.8, 4) is 0 Å². The zero-order valence-electron chi connectivity index (χ0n) is 14.9. The van der Waals surface area contributed by atoms with Gasteiger partial charge in [-0.2, -0.15) is 0 Å². The molecule has 2 heterocycles. The van der Waals surface area contributed by atoms with Crippen LogP contribution in [0, 0.1) is 0 Å². The molecule has 27 heavy (non-hydrogen) atoms. The number of likely N-dealkylation sites (N-methyl/N-ethyl adjacent to an activating group) is 1. The molecule has 1 aromatic heterocycles. The van der Waals surface area contributed by atoms with Crippen LogP contribution >= 0.6 is 15.9 Å². The lowest BCUT2D eigenvalue weighted by Crippen LogP contribution is -2.53. The summed E-state index contributed by atoms with van der Waals surface area (Å²) >= 11 is 3.27. The number of halogens is 1. The number of pyridine rings is 1. The first kappa shape index (κ1) is 19.0. The van der Waals surface area contributed by atoms with E-state index >= 15 is 0 Å². The number of amides is 2. The molecule has 2 aromatic rings.